The van der Waals surface area contributed by atoms with Crippen molar-refractivity contribution in [3.8, 4) is 6.07 Å². The Hall–Kier alpha value is -1.37. The number of aliphatic hydroxyl groups is 1. The lowest BCUT2D eigenvalue weighted by atomic mass is 9.65. The predicted molar refractivity (Wildman–Crippen MR) is 80.8 cm³/mol. The average Bonchev–Trinajstić information content (AvgIpc) is 2.54. The van der Waals surface area contributed by atoms with E-state index in [-0.39, 0.29) is 0 Å². The van der Waals surface area contributed by atoms with Gasteiger partial charge in [-0.3, -0.25) is 0 Å². The highest BCUT2D eigenvalue weighted by molar-refractivity contribution is 5.38. The second-order valence-corrected chi connectivity index (χ2v) is 6.57. The Bertz CT molecular complexity index is 565. The van der Waals surface area contributed by atoms with E-state index in [2.05, 4.69) is 18.2 Å². The van der Waals surface area contributed by atoms with Crippen LogP contribution in [0.4, 0.5) is 0 Å². The maximum absolute atomic E-state index is 11.2. The third-order valence-corrected chi connectivity index (χ3v) is 5.40. The van der Waals surface area contributed by atoms with E-state index in [9.17, 15) is 10.4 Å². The number of aryl methyl sites for hydroxylation is 2. The normalized spacial score (nSPS) is 23.7. The Morgan fingerprint density at radius 2 is 1.86 bits per heavy atom. The van der Waals surface area contributed by atoms with Crippen molar-refractivity contribution in [1.82, 2.24) is 0 Å². The minimum Gasteiger partial charge on any atom is -0.384 e. The molecule has 1 saturated heterocycles. The summed E-state index contributed by atoms with van der Waals surface area (Å²) in [6, 6.07) is 8.69. The first kappa shape index (κ1) is 14.6. The summed E-state index contributed by atoms with van der Waals surface area (Å²) < 4.78 is 5.39. The van der Waals surface area contributed by atoms with Crippen molar-refractivity contribution < 1.29 is 9.84 Å². The molecule has 1 heterocycles. The van der Waals surface area contributed by atoms with Gasteiger partial charge < -0.3 is 9.84 Å². The molecule has 1 aliphatic carbocycles. The van der Waals surface area contributed by atoms with Gasteiger partial charge in [0.1, 0.15) is 5.60 Å². The highest BCUT2D eigenvalue weighted by Crippen LogP contribution is 2.47. The maximum Gasteiger partial charge on any atom is 0.106 e. The molecule has 3 heteroatoms. The van der Waals surface area contributed by atoms with Crippen molar-refractivity contribution in [2.75, 3.05) is 13.2 Å². The summed E-state index contributed by atoms with van der Waals surface area (Å²) in [6.07, 6.45) is 5.87. The van der Waals surface area contributed by atoms with Crippen LogP contribution in [-0.4, -0.2) is 18.3 Å². The molecule has 0 amide bonds. The fourth-order valence-electron chi connectivity index (χ4n) is 3.74. The van der Waals surface area contributed by atoms with Crippen LogP contribution in [0.2, 0.25) is 0 Å². The molecule has 0 spiro atoms. The summed E-state index contributed by atoms with van der Waals surface area (Å²) in [5, 5.41) is 20.9. The summed E-state index contributed by atoms with van der Waals surface area (Å²) in [5.74, 6) is 0. The van der Waals surface area contributed by atoms with Gasteiger partial charge >= 0.3 is 0 Å². The molecule has 0 aromatic heterocycles. The predicted octanol–water partition coefficient (Wildman–Crippen LogP) is 3.09. The van der Waals surface area contributed by atoms with Crippen LogP contribution >= 0.6 is 0 Å². The second-order valence-electron chi connectivity index (χ2n) is 6.57. The first-order valence-corrected chi connectivity index (χ1v) is 7.93. The molecule has 0 radical (unpaired) electrons. The van der Waals surface area contributed by atoms with Gasteiger partial charge in [0.25, 0.3) is 0 Å². The van der Waals surface area contributed by atoms with E-state index in [1.54, 1.807) is 6.92 Å². The van der Waals surface area contributed by atoms with Crippen LogP contribution < -0.4 is 0 Å². The van der Waals surface area contributed by atoms with Crippen LogP contribution in [0.25, 0.3) is 0 Å². The van der Waals surface area contributed by atoms with Crippen LogP contribution in [0.5, 0.6) is 0 Å². The Morgan fingerprint density at radius 3 is 2.52 bits per heavy atom. The molecular weight excluding hydrogens is 262 g/mol. The summed E-state index contributed by atoms with van der Waals surface area (Å²) >= 11 is 0. The minimum absolute atomic E-state index is 0.550. The molecule has 1 aliphatic heterocycles. The van der Waals surface area contributed by atoms with E-state index in [1.165, 1.54) is 24.0 Å². The first-order chi connectivity index (χ1) is 10.1. The van der Waals surface area contributed by atoms with Crippen LogP contribution in [0.3, 0.4) is 0 Å². The van der Waals surface area contributed by atoms with E-state index >= 15 is 0 Å². The van der Waals surface area contributed by atoms with Crippen molar-refractivity contribution >= 4 is 0 Å². The highest BCUT2D eigenvalue weighted by atomic mass is 16.5. The van der Waals surface area contributed by atoms with E-state index in [0.717, 1.165) is 18.4 Å². The lowest BCUT2D eigenvalue weighted by molar-refractivity contribution is -0.0975. The molecule has 1 fully saturated rings. The highest BCUT2D eigenvalue weighted by Gasteiger charge is 2.49. The van der Waals surface area contributed by atoms with Crippen LogP contribution in [-0.2, 0) is 23.2 Å². The van der Waals surface area contributed by atoms with Gasteiger partial charge in [0.2, 0.25) is 0 Å². The number of fused-ring (bicyclic) bond motifs is 1. The monoisotopic (exact) mass is 285 g/mol. The SMILES string of the molecule is CC(O)(c1ccc2c(c1)CCCC2)C1(C#N)CCOCC1. The van der Waals surface area contributed by atoms with Crippen LogP contribution in [0, 0.1) is 16.7 Å². The molecule has 1 N–H and O–H groups in total. The maximum atomic E-state index is 11.2. The number of nitrogens with zero attached hydrogens (tertiary/aromatic N) is 1. The van der Waals surface area contributed by atoms with Crippen molar-refractivity contribution in [2.45, 2.75) is 51.0 Å². The zero-order chi connectivity index (χ0) is 14.9. The van der Waals surface area contributed by atoms with Crippen LogP contribution in [0.15, 0.2) is 18.2 Å². The molecule has 0 saturated carbocycles. The Morgan fingerprint density at radius 1 is 1.19 bits per heavy atom. The fourth-order valence-corrected chi connectivity index (χ4v) is 3.74. The third kappa shape index (κ3) is 2.37. The lowest BCUT2D eigenvalue weighted by Gasteiger charge is -2.43. The van der Waals surface area contributed by atoms with Gasteiger partial charge in [0, 0.05) is 13.2 Å². The molecule has 3 rings (SSSR count). The zero-order valence-corrected chi connectivity index (χ0v) is 12.7. The molecule has 2 aliphatic rings. The van der Waals surface area contributed by atoms with E-state index in [0.29, 0.717) is 26.1 Å². The molecule has 3 nitrogen and oxygen atoms in total. The smallest absolute Gasteiger partial charge is 0.106 e. The van der Waals surface area contributed by atoms with Gasteiger partial charge in [0.05, 0.1) is 11.5 Å². The number of benzene rings is 1. The van der Waals surface area contributed by atoms with Gasteiger partial charge in [-0.25, -0.2) is 0 Å². The summed E-state index contributed by atoms with van der Waals surface area (Å²) in [7, 11) is 0. The van der Waals surface area contributed by atoms with Gasteiger partial charge in [-0.1, -0.05) is 18.2 Å². The third-order valence-electron chi connectivity index (χ3n) is 5.40. The van der Waals surface area contributed by atoms with Gasteiger partial charge in [-0.2, -0.15) is 5.26 Å². The van der Waals surface area contributed by atoms with Gasteiger partial charge in [-0.05, 0) is 62.1 Å². The molecule has 1 aromatic rings. The summed E-state index contributed by atoms with van der Waals surface area (Å²) in [4.78, 5) is 0. The average molecular weight is 285 g/mol. The number of hydrogen-bond acceptors (Lipinski definition) is 3. The van der Waals surface area contributed by atoms with E-state index in [1.807, 2.05) is 6.07 Å². The van der Waals surface area contributed by atoms with Gasteiger partial charge in [-0.15, -0.1) is 0 Å². The Kier molecular flexibility index (Phi) is 3.77. The van der Waals surface area contributed by atoms with Gasteiger partial charge in [0.15, 0.2) is 0 Å². The molecule has 1 atom stereocenters. The molecule has 21 heavy (non-hydrogen) atoms. The standard InChI is InChI=1S/C18H23NO2/c1-17(20,18(13-19)8-10-21-11-9-18)16-7-6-14-4-2-3-5-15(14)12-16/h6-7,12,20H,2-5,8-11H2,1H3. The number of ether oxygens (including phenoxy) is 1. The Labute approximate surface area is 126 Å². The van der Waals surface area contributed by atoms with Crippen molar-refractivity contribution in [2.24, 2.45) is 5.41 Å². The van der Waals surface area contributed by atoms with Crippen molar-refractivity contribution in [3.63, 3.8) is 0 Å². The first-order valence-electron chi connectivity index (χ1n) is 7.93. The summed E-state index contributed by atoms with van der Waals surface area (Å²) in [5.41, 5.74) is 1.76. The van der Waals surface area contributed by atoms with Crippen molar-refractivity contribution in [3.05, 3.63) is 34.9 Å². The number of rotatable bonds is 2. The van der Waals surface area contributed by atoms with Crippen LogP contribution in [0.1, 0.15) is 49.3 Å². The molecule has 112 valence electrons. The lowest BCUT2D eigenvalue weighted by Crippen LogP contribution is -2.46. The number of hydrogen-bond donors (Lipinski definition) is 1. The van der Waals surface area contributed by atoms with E-state index in [4.69, 9.17) is 4.74 Å². The fraction of sp³-hybridized carbons (Fsp3) is 0.611. The van der Waals surface area contributed by atoms with E-state index < -0.39 is 11.0 Å². The Balaban J connectivity index is 1.99. The minimum atomic E-state index is -1.13. The second kappa shape index (κ2) is 5.44. The molecular formula is C18H23NO2. The topological polar surface area (TPSA) is 53.2 Å². The van der Waals surface area contributed by atoms with Crippen molar-refractivity contribution in [1.29, 1.82) is 5.26 Å². The summed E-state index contributed by atoms with van der Waals surface area (Å²) in [6.45, 7) is 2.90. The largest absolute Gasteiger partial charge is 0.384 e. The number of nitriles is 1. The quantitative estimate of drug-likeness (QED) is 0.908. The molecule has 1 unspecified atom stereocenters. The molecule has 1 aromatic carbocycles. The molecule has 0 bridgehead atoms. The zero-order valence-electron chi connectivity index (χ0n) is 12.7.